The predicted octanol–water partition coefficient (Wildman–Crippen LogP) is 4.89. The third-order valence-corrected chi connectivity index (χ3v) is 9.15. The Kier molecular flexibility index (Phi) is 6.84. The molecule has 0 radical (unpaired) electrons. The molecule has 0 amide bonds. The maximum absolute atomic E-state index is 9.19. The van der Waals surface area contributed by atoms with E-state index in [9.17, 15) is 5.26 Å². The van der Waals surface area contributed by atoms with Gasteiger partial charge in [0.25, 0.3) is 0 Å². The Morgan fingerprint density at radius 1 is 0.826 bits per heavy atom. The van der Waals surface area contributed by atoms with Crippen molar-refractivity contribution in [2.24, 2.45) is 5.41 Å². The molecular weight excluding hydrogens is 574 g/mol. The Labute approximate surface area is 266 Å². The van der Waals surface area contributed by atoms with E-state index in [4.69, 9.17) is 15.7 Å². The van der Waals surface area contributed by atoms with Gasteiger partial charge in [-0.25, -0.2) is 24.9 Å². The van der Waals surface area contributed by atoms with Gasteiger partial charge in [-0.15, -0.1) is 0 Å². The minimum atomic E-state index is 0.162. The van der Waals surface area contributed by atoms with Gasteiger partial charge in [0.15, 0.2) is 11.5 Å². The molecule has 2 aromatic carbocycles. The van der Waals surface area contributed by atoms with Gasteiger partial charge in [0.1, 0.15) is 23.7 Å². The van der Waals surface area contributed by atoms with E-state index in [1.165, 1.54) is 11.9 Å². The summed E-state index contributed by atoms with van der Waals surface area (Å²) in [4.78, 5) is 31.7. The summed E-state index contributed by atoms with van der Waals surface area (Å²) in [5.74, 6) is 1.89. The molecule has 46 heavy (non-hydrogen) atoms. The number of nitrogen functional groups attached to an aromatic ring is 1. The van der Waals surface area contributed by atoms with Crippen LogP contribution in [0.5, 0.6) is 0 Å². The lowest BCUT2D eigenvalue weighted by atomic mass is 9.86. The summed E-state index contributed by atoms with van der Waals surface area (Å²) in [7, 11) is 0. The first-order chi connectivity index (χ1) is 22.6. The van der Waals surface area contributed by atoms with E-state index in [1.807, 2.05) is 48.5 Å². The monoisotopic (exact) mass is 605 g/mol. The molecule has 0 saturated carbocycles. The summed E-state index contributed by atoms with van der Waals surface area (Å²) in [5, 5.41) is 9.19. The lowest BCUT2D eigenvalue weighted by molar-refractivity contribution is 0.270. The van der Waals surface area contributed by atoms with Gasteiger partial charge in [0.05, 0.1) is 11.3 Å². The van der Waals surface area contributed by atoms with Crippen molar-refractivity contribution >= 4 is 22.9 Å². The maximum atomic E-state index is 9.19. The average molecular weight is 606 g/mol. The van der Waals surface area contributed by atoms with Gasteiger partial charge >= 0.3 is 0 Å². The van der Waals surface area contributed by atoms with Crippen LogP contribution in [0.25, 0.3) is 39.5 Å². The number of imidazole rings is 1. The number of anilines is 2. The fourth-order valence-electron chi connectivity index (χ4n) is 6.86. The van der Waals surface area contributed by atoms with Gasteiger partial charge in [-0.05, 0) is 61.3 Å². The molecule has 0 aliphatic carbocycles. The number of nitrogens with zero attached hydrogens (tertiary/aromatic N) is 10. The molecular formula is C35H31N11. The first kappa shape index (κ1) is 27.8. The SMILES string of the molecule is N#Cc1ncnc(N2CCC3(CCN(Cc4ccc(-n5c(-c6cccnc6N)nc6ccc(-c7ccccc7)nc65)cc4)C3)C2)n1. The third-order valence-electron chi connectivity index (χ3n) is 9.15. The lowest BCUT2D eigenvalue weighted by Gasteiger charge is -2.25. The summed E-state index contributed by atoms with van der Waals surface area (Å²) < 4.78 is 2.08. The Hall–Kier alpha value is -5.73. The van der Waals surface area contributed by atoms with Gasteiger partial charge in [-0.2, -0.15) is 10.2 Å². The minimum absolute atomic E-state index is 0.162. The third kappa shape index (κ3) is 5.08. The first-order valence-corrected chi connectivity index (χ1v) is 15.4. The zero-order valence-electron chi connectivity index (χ0n) is 25.2. The standard InChI is InChI=1S/C35H31N11/c36-19-30-39-23-40-34(43-30)45-18-15-35(22-45)14-17-44(21-35)20-24-8-10-26(11-9-24)46-32(27-7-4-16-38-31(27)37)42-29-13-12-28(41-33(29)46)25-5-2-1-3-6-25/h1-13,16,23H,14-15,17-18,20-22H2,(H2,37,38). The predicted molar refractivity (Wildman–Crippen MR) is 176 cm³/mol. The van der Waals surface area contributed by atoms with E-state index in [1.54, 1.807) is 6.20 Å². The van der Waals surface area contributed by atoms with Crippen LogP contribution < -0.4 is 10.6 Å². The second-order valence-corrected chi connectivity index (χ2v) is 12.1. The quantitative estimate of drug-likeness (QED) is 0.279. The van der Waals surface area contributed by atoms with Crippen molar-refractivity contribution in [1.82, 2.24) is 39.4 Å². The summed E-state index contributed by atoms with van der Waals surface area (Å²) in [6, 6.07) is 28.7. The number of nitrogens with two attached hydrogens (primary N) is 1. The number of aromatic nitrogens is 7. The second kappa shape index (κ2) is 11.3. The number of hydrogen-bond acceptors (Lipinski definition) is 10. The normalized spacial score (nSPS) is 18.0. The van der Waals surface area contributed by atoms with Crippen molar-refractivity contribution in [2.45, 2.75) is 19.4 Å². The average Bonchev–Trinajstić information content (AvgIpc) is 3.82. The smallest absolute Gasteiger partial charge is 0.236 e. The molecule has 2 aliphatic rings. The van der Waals surface area contributed by atoms with Crippen LogP contribution in [0.15, 0.2) is 91.4 Å². The van der Waals surface area contributed by atoms with Crippen LogP contribution in [-0.4, -0.2) is 65.5 Å². The van der Waals surface area contributed by atoms with Crippen LogP contribution in [0.2, 0.25) is 0 Å². The van der Waals surface area contributed by atoms with Crippen molar-refractivity contribution in [1.29, 1.82) is 5.26 Å². The van der Waals surface area contributed by atoms with Crippen molar-refractivity contribution in [3.05, 3.63) is 103 Å². The molecule has 1 unspecified atom stereocenters. The van der Waals surface area contributed by atoms with E-state index < -0.39 is 0 Å². The molecule has 8 rings (SSSR count). The molecule has 2 N–H and O–H groups in total. The van der Waals surface area contributed by atoms with Crippen LogP contribution in [0, 0.1) is 16.7 Å². The van der Waals surface area contributed by atoms with Gasteiger partial charge in [-0.1, -0.05) is 42.5 Å². The molecule has 11 heteroatoms. The van der Waals surface area contributed by atoms with Crippen LogP contribution in [0.4, 0.5) is 11.8 Å². The van der Waals surface area contributed by atoms with Crippen molar-refractivity contribution < 1.29 is 0 Å². The molecule has 1 atom stereocenters. The molecule has 226 valence electrons. The van der Waals surface area contributed by atoms with Crippen molar-refractivity contribution in [3.63, 3.8) is 0 Å². The summed E-state index contributed by atoms with van der Waals surface area (Å²) >= 11 is 0. The van der Waals surface area contributed by atoms with Crippen LogP contribution in [-0.2, 0) is 6.54 Å². The lowest BCUT2D eigenvalue weighted by Crippen LogP contribution is -2.31. The zero-order valence-corrected chi connectivity index (χ0v) is 25.2. The van der Waals surface area contributed by atoms with E-state index >= 15 is 0 Å². The number of fused-ring (bicyclic) bond motifs is 1. The molecule has 1 spiro atoms. The number of hydrogen-bond donors (Lipinski definition) is 1. The Morgan fingerprint density at radius 2 is 1.67 bits per heavy atom. The van der Waals surface area contributed by atoms with Crippen molar-refractivity contribution in [3.8, 4) is 34.4 Å². The highest BCUT2D eigenvalue weighted by atomic mass is 15.3. The molecule has 11 nitrogen and oxygen atoms in total. The van der Waals surface area contributed by atoms with E-state index in [0.29, 0.717) is 17.6 Å². The molecule has 2 fully saturated rings. The van der Waals surface area contributed by atoms with E-state index in [2.05, 4.69) is 70.7 Å². The highest BCUT2D eigenvalue weighted by Crippen LogP contribution is 2.41. The fraction of sp³-hybridized carbons (Fsp3) is 0.229. The Balaban J connectivity index is 1.06. The fourth-order valence-corrected chi connectivity index (χ4v) is 6.86. The van der Waals surface area contributed by atoms with Gasteiger partial charge in [-0.3, -0.25) is 9.47 Å². The number of likely N-dealkylation sites (tertiary alicyclic amines) is 1. The summed E-state index contributed by atoms with van der Waals surface area (Å²) in [6.45, 7) is 4.71. The summed E-state index contributed by atoms with van der Waals surface area (Å²) in [5.41, 5.74) is 13.0. The molecule has 4 aromatic heterocycles. The molecule has 2 aliphatic heterocycles. The van der Waals surface area contributed by atoms with Crippen molar-refractivity contribution in [2.75, 3.05) is 36.8 Å². The number of rotatable bonds is 6. The zero-order chi connectivity index (χ0) is 31.1. The molecule has 0 bridgehead atoms. The minimum Gasteiger partial charge on any atom is -0.383 e. The van der Waals surface area contributed by atoms with Crippen LogP contribution in [0.3, 0.4) is 0 Å². The van der Waals surface area contributed by atoms with Crippen LogP contribution >= 0.6 is 0 Å². The topological polar surface area (TPSA) is 139 Å². The number of benzene rings is 2. The molecule has 6 aromatic rings. The molecule has 2 saturated heterocycles. The number of nitriles is 1. The Bertz CT molecular complexity index is 2080. The largest absolute Gasteiger partial charge is 0.383 e. The van der Waals surface area contributed by atoms with Gasteiger partial charge in [0.2, 0.25) is 11.8 Å². The highest BCUT2D eigenvalue weighted by molar-refractivity contribution is 5.84. The number of pyridine rings is 2. The van der Waals surface area contributed by atoms with E-state index in [-0.39, 0.29) is 11.2 Å². The second-order valence-electron chi connectivity index (χ2n) is 12.1. The first-order valence-electron chi connectivity index (χ1n) is 15.4. The highest BCUT2D eigenvalue weighted by Gasteiger charge is 2.44. The molecule has 6 heterocycles. The van der Waals surface area contributed by atoms with Gasteiger partial charge in [0, 0.05) is 49.0 Å². The Morgan fingerprint density at radius 3 is 2.50 bits per heavy atom. The summed E-state index contributed by atoms with van der Waals surface area (Å²) in [6.07, 6.45) is 5.33. The van der Waals surface area contributed by atoms with Crippen LogP contribution in [0.1, 0.15) is 24.2 Å². The van der Waals surface area contributed by atoms with E-state index in [0.717, 1.165) is 79.2 Å². The van der Waals surface area contributed by atoms with Gasteiger partial charge < -0.3 is 10.6 Å². The maximum Gasteiger partial charge on any atom is 0.236 e.